The first-order valence-corrected chi connectivity index (χ1v) is 14.6. The molecule has 1 aromatic carbocycles. The third-order valence-corrected chi connectivity index (χ3v) is 9.79. The molecule has 2 saturated heterocycles. The minimum absolute atomic E-state index is 0.0946. The van der Waals surface area contributed by atoms with Crippen LogP contribution in [0, 0.1) is 22.6 Å². The van der Waals surface area contributed by atoms with Crippen molar-refractivity contribution < 1.29 is 23.8 Å². The van der Waals surface area contributed by atoms with E-state index in [1.54, 1.807) is 6.07 Å². The lowest BCUT2D eigenvalue weighted by molar-refractivity contribution is -0.0590. The lowest BCUT2D eigenvalue weighted by Crippen LogP contribution is -2.36. The summed E-state index contributed by atoms with van der Waals surface area (Å²) in [5, 5.41) is 18.4. The SMILES string of the molecule is N#Cc1ccc(OCc2cccc(N3CCC4(CC3)CC4c3nc4cc(C(=O)O)sc4n3C[C@@H]3CCO3)n2)c(F)c1. The highest BCUT2D eigenvalue weighted by Crippen LogP contribution is 2.65. The molecule has 1 spiro atoms. The van der Waals surface area contributed by atoms with E-state index in [9.17, 15) is 14.3 Å². The zero-order valence-electron chi connectivity index (χ0n) is 22.3. The number of carboxylic acid groups (broad SMARTS) is 1. The summed E-state index contributed by atoms with van der Waals surface area (Å²) in [5.74, 6) is 0.915. The molecule has 0 radical (unpaired) electrons. The van der Waals surface area contributed by atoms with Crippen LogP contribution in [0.15, 0.2) is 42.5 Å². The molecule has 3 aromatic heterocycles. The second-order valence-corrected chi connectivity index (χ2v) is 12.1. The van der Waals surface area contributed by atoms with Crippen LogP contribution in [0.2, 0.25) is 0 Å². The maximum Gasteiger partial charge on any atom is 0.346 e. The molecule has 3 aliphatic rings. The Morgan fingerprint density at radius 2 is 2.07 bits per heavy atom. The summed E-state index contributed by atoms with van der Waals surface area (Å²) < 4.78 is 27.8. The summed E-state index contributed by atoms with van der Waals surface area (Å²) in [5.41, 5.74) is 1.92. The van der Waals surface area contributed by atoms with E-state index < -0.39 is 11.8 Å². The van der Waals surface area contributed by atoms with Gasteiger partial charge in [0.2, 0.25) is 0 Å². The molecule has 5 heterocycles. The average Bonchev–Trinajstić information content (AvgIpc) is 3.30. The van der Waals surface area contributed by atoms with Crippen molar-refractivity contribution in [3.63, 3.8) is 0 Å². The van der Waals surface area contributed by atoms with Crippen LogP contribution in [0.25, 0.3) is 10.3 Å². The number of aromatic carboxylic acids is 1. The summed E-state index contributed by atoms with van der Waals surface area (Å²) in [6.07, 6.45) is 4.31. The molecular formula is C30H28FN5O4S. The molecule has 9 nitrogen and oxygen atoms in total. The molecule has 2 aliphatic heterocycles. The van der Waals surface area contributed by atoms with Gasteiger partial charge in [-0.1, -0.05) is 6.07 Å². The van der Waals surface area contributed by atoms with Crippen molar-refractivity contribution in [3.8, 4) is 11.8 Å². The van der Waals surface area contributed by atoms with Crippen LogP contribution in [0.5, 0.6) is 5.75 Å². The van der Waals surface area contributed by atoms with Gasteiger partial charge in [-0.15, -0.1) is 11.3 Å². The highest BCUT2D eigenvalue weighted by molar-refractivity contribution is 7.20. The van der Waals surface area contributed by atoms with Crippen molar-refractivity contribution in [1.29, 1.82) is 5.26 Å². The Bertz CT molecular complexity index is 1680. The lowest BCUT2D eigenvalue weighted by Gasteiger charge is -2.34. The van der Waals surface area contributed by atoms with Crippen LogP contribution in [0.4, 0.5) is 10.2 Å². The van der Waals surface area contributed by atoms with Crippen molar-refractivity contribution in [1.82, 2.24) is 14.5 Å². The molecule has 2 atom stereocenters. The fourth-order valence-electron chi connectivity index (χ4n) is 6.12. The molecule has 7 rings (SSSR count). The van der Waals surface area contributed by atoms with Gasteiger partial charge in [0.05, 0.1) is 30.0 Å². The van der Waals surface area contributed by atoms with Crippen LogP contribution in [0.1, 0.15) is 58.4 Å². The Labute approximate surface area is 239 Å². The van der Waals surface area contributed by atoms with E-state index in [4.69, 9.17) is 24.7 Å². The maximum absolute atomic E-state index is 14.2. The highest BCUT2D eigenvalue weighted by atomic mass is 32.1. The molecule has 1 aliphatic carbocycles. The molecule has 0 bridgehead atoms. The van der Waals surface area contributed by atoms with E-state index in [2.05, 4.69) is 9.47 Å². The molecule has 0 amide bonds. The predicted octanol–water partition coefficient (Wildman–Crippen LogP) is 5.34. The predicted molar refractivity (Wildman–Crippen MR) is 150 cm³/mol. The van der Waals surface area contributed by atoms with Gasteiger partial charge in [-0.05, 0) is 67.5 Å². The number of carboxylic acids is 1. The largest absolute Gasteiger partial charge is 0.484 e. The summed E-state index contributed by atoms with van der Waals surface area (Å²) in [7, 11) is 0. The Kier molecular flexibility index (Phi) is 6.40. The number of ether oxygens (including phenoxy) is 2. The molecule has 41 heavy (non-hydrogen) atoms. The van der Waals surface area contributed by atoms with Gasteiger partial charge in [-0.2, -0.15) is 5.26 Å². The summed E-state index contributed by atoms with van der Waals surface area (Å²) in [4.78, 5) is 24.8. The second-order valence-electron chi connectivity index (χ2n) is 11.1. The van der Waals surface area contributed by atoms with Gasteiger partial charge in [-0.3, -0.25) is 0 Å². The maximum atomic E-state index is 14.2. The minimum Gasteiger partial charge on any atom is -0.484 e. The van der Waals surface area contributed by atoms with Crippen molar-refractivity contribution in [2.45, 2.75) is 50.9 Å². The van der Waals surface area contributed by atoms with E-state index in [0.717, 1.165) is 80.0 Å². The smallest absolute Gasteiger partial charge is 0.346 e. The first-order valence-electron chi connectivity index (χ1n) is 13.8. The highest BCUT2D eigenvalue weighted by Gasteiger charge is 2.57. The van der Waals surface area contributed by atoms with Crippen molar-refractivity contribution in [2.24, 2.45) is 5.41 Å². The van der Waals surface area contributed by atoms with E-state index in [-0.39, 0.29) is 29.4 Å². The van der Waals surface area contributed by atoms with Crippen molar-refractivity contribution in [2.75, 3.05) is 24.6 Å². The van der Waals surface area contributed by atoms with Gasteiger partial charge < -0.3 is 24.0 Å². The molecule has 1 unspecified atom stereocenters. The monoisotopic (exact) mass is 573 g/mol. The first-order chi connectivity index (χ1) is 19.9. The Morgan fingerprint density at radius 3 is 2.78 bits per heavy atom. The fraction of sp³-hybridized carbons (Fsp3) is 0.400. The van der Waals surface area contributed by atoms with Gasteiger partial charge in [0.15, 0.2) is 11.6 Å². The van der Waals surface area contributed by atoms with Gasteiger partial charge in [0.25, 0.3) is 0 Å². The molecule has 1 saturated carbocycles. The summed E-state index contributed by atoms with van der Waals surface area (Å²) in [6, 6.07) is 13.6. The van der Waals surface area contributed by atoms with E-state index >= 15 is 0 Å². The normalized spacial score (nSPS) is 21.0. The minimum atomic E-state index is -0.915. The molecule has 3 fully saturated rings. The summed E-state index contributed by atoms with van der Waals surface area (Å²) >= 11 is 1.30. The number of thiophene rings is 1. The number of nitrogens with zero attached hydrogens (tertiary/aromatic N) is 5. The van der Waals surface area contributed by atoms with E-state index in [1.807, 2.05) is 24.3 Å². The Balaban J connectivity index is 1.02. The fourth-order valence-corrected chi connectivity index (χ4v) is 7.08. The third kappa shape index (κ3) is 4.81. The number of nitriles is 1. The molecule has 4 aromatic rings. The van der Waals surface area contributed by atoms with Crippen LogP contribution in [-0.2, 0) is 17.9 Å². The first kappa shape index (κ1) is 25.9. The number of fused-ring (bicyclic) bond motifs is 1. The van der Waals surface area contributed by atoms with Gasteiger partial charge >= 0.3 is 5.97 Å². The van der Waals surface area contributed by atoms with E-state index in [1.165, 1.54) is 23.5 Å². The molecule has 11 heteroatoms. The van der Waals surface area contributed by atoms with Crippen molar-refractivity contribution >= 4 is 33.5 Å². The number of hydrogen-bond acceptors (Lipinski definition) is 8. The number of benzene rings is 1. The van der Waals surface area contributed by atoms with Gasteiger partial charge in [0.1, 0.15) is 33.5 Å². The average molecular weight is 574 g/mol. The number of carbonyl (C=O) groups is 1. The van der Waals surface area contributed by atoms with Gasteiger partial charge in [-0.25, -0.2) is 19.2 Å². The number of imidazole rings is 1. The number of piperidine rings is 1. The molecular weight excluding hydrogens is 545 g/mol. The third-order valence-electron chi connectivity index (χ3n) is 8.65. The Hall–Kier alpha value is -4.01. The van der Waals surface area contributed by atoms with Crippen molar-refractivity contribution in [3.05, 3.63) is 70.2 Å². The standard InChI is InChI=1S/C30H28FN5O4S/c31-22-12-18(15-32)4-5-24(22)40-17-19-2-1-3-26(33-19)35-9-7-30(8-10-35)14-21(30)27-34-23-13-25(29(37)38)41-28(23)36(27)16-20-6-11-39-20/h1-5,12-13,20-21H,6-11,14,16-17H2,(H,37,38)/t20-,21?/m0/s1. The topological polar surface area (TPSA) is 114 Å². The number of aromatic nitrogens is 3. The zero-order valence-corrected chi connectivity index (χ0v) is 23.1. The number of hydrogen-bond donors (Lipinski definition) is 1. The number of anilines is 1. The van der Waals surface area contributed by atoms with E-state index in [0.29, 0.717) is 16.5 Å². The van der Waals surface area contributed by atoms with Crippen LogP contribution < -0.4 is 9.64 Å². The number of halogens is 1. The number of pyridine rings is 1. The molecule has 210 valence electrons. The number of rotatable bonds is 8. The lowest BCUT2D eigenvalue weighted by atomic mass is 9.90. The zero-order chi connectivity index (χ0) is 28.1. The van der Waals surface area contributed by atoms with Crippen LogP contribution in [-0.4, -0.2) is 51.4 Å². The quantitative estimate of drug-likeness (QED) is 0.300. The summed E-state index contributed by atoms with van der Waals surface area (Å²) in [6.45, 7) is 3.38. The van der Waals surface area contributed by atoms with Gasteiger partial charge in [0, 0.05) is 25.6 Å². The Morgan fingerprint density at radius 1 is 1.24 bits per heavy atom. The second kappa shape index (κ2) is 10.1. The molecule has 1 N–H and O–H groups in total. The van der Waals surface area contributed by atoms with Crippen LogP contribution in [0.3, 0.4) is 0 Å². The van der Waals surface area contributed by atoms with Crippen LogP contribution >= 0.6 is 11.3 Å².